The van der Waals surface area contributed by atoms with Crippen molar-refractivity contribution >= 4 is 34.8 Å². The molecule has 1 aliphatic rings. The van der Waals surface area contributed by atoms with Crippen molar-refractivity contribution in [2.24, 2.45) is 5.92 Å². The van der Waals surface area contributed by atoms with E-state index in [2.05, 4.69) is 17.6 Å². The summed E-state index contributed by atoms with van der Waals surface area (Å²) in [6, 6.07) is 14.8. The maximum absolute atomic E-state index is 12.5. The van der Waals surface area contributed by atoms with Gasteiger partial charge in [-0.3, -0.25) is 14.4 Å². The van der Waals surface area contributed by atoms with Gasteiger partial charge in [-0.1, -0.05) is 19.1 Å². The zero-order valence-corrected chi connectivity index (χ0v) is 15.5. The fraction of sp³-hybridized carbons (Fsp3) is 0.286. The van der Waals surface area contributed by atoms with Gasteiger partial charge in [-0.25, -0.2) is 0 Å². The number of hydrogen-bond acceptors (Lipinski definition) is 3. The minimum atomic E-state index is -0.390. The van der Waals surface area contributed by atoms with E-state index >= 15 is 0 Å². The highest BCUT2D eigenvalue weighted by Gasteiger charge is 2.35. The van der Waals surface area contributed by atoms with Crippen LogP contribution in [0.4, 0.5) is 17.1 Å². The molecule has 0 bridgehead atoms. The monoisotopic (exact) mass is 365 g/mol. The van der Waals surface area contributed by atoms with Crippen molar-refractivity contribution < 1.29 is 14.4 Å². The standard InChI is InChI=1S/C21H23N3O3/c1-3-15-4-10-19(11-5-15)24-13-16(12-20(24)26)21(27)23-18-8-6-17(7-9-18)22-14(2)25/h4-11,16H,3,12-13H2,1-2H3,(H,22,25)(H,23,27)/t16-/m0/s1. The molecule has 3 amide bonds. The third-order valence-electron chi connectivity index (χ3n) is 4.62. The summed E-state index contributed by atoms with van der Waals surface area (Å²) in [4.78, 5) is 37.6. The van der Waals surface area contributed by atoms with E-state index in [1.807, 2.05) is 24.3 Å². The Kier molecular flexibility index (Phi) is 5.54. The lowest BCUT2D eigenvalue weighted by molar-refractivity contribution is -0.122. The van der Waals surface area contributed by atoms with Crippen molar-refractivity contribution in [3.05, 3.63) is 54.1 Å². The average Bonchev–Trinajstić information content (AvgIpc) is 3.05. The Morgan fingerprint density at radius 1 is 1.00 bits per heavy atom. The maximum atomic E-state index is 12.5. The van der Waals surface area contributed by atoms with Crippen molar-refractivity contribution in [1.82, 2.24) is 0 Å². The Hall–Kier alpha value is -3.15. The number of anilines is 3. The van der Waals surface area contributed by atoms with Crippen LogP contribution >= 0.6 is 0 Å². The molecule has 3 rings (SSSR count). The fourth-order valence-electron chi connectivity index (χ4n) is 3.13. The van der Waals surface area contributed by atoms with Gasteiger partial charge in [0.25, 0.3) is 0 Å². The lowest BCUT2D eigenvalue weighted by Gasteiger charge is -2.17. The van der Waals surface area contributed by atoms with E-state index < -0.39 is 5.92 Å². The van der Waals surface area contributed by atoms with E-state index in [-0.39, 0.29) is 24.1 Å². The molecule has 6 heteroatoms. The summed E-state index contributed by atoms with van der Waals surface area (Å²) < 4.78 is 0. The average molecular weight is 365 g/mol. The van der Waals surface area contributed by atoms with Gasteiger partial charge >= 0.3 is 0 Å². The van der Waals surface area contributed by atoms with Gasteiger partial charge in [0.05, 0.1) is 5.92 Å². The Labute approximate surface area is 158 Å². The van der Waals surface area contributed by atoms with Crippen LogP contribution in [0.1, 0.15) is 25.8 Å². The van der Waals surface area contributed by atoms with E-state index in [1.165, 1.54) is 12.5 Å². The van der Waals surface area contributed by atoms with Crippen molar-refractivity contribution in [3.8, 4) is 0 Å². The highest BCUT2D eigenvalue weighted by atomic mass is 16.2. The van der Waals surface area contributed by atoms with Gasteiger partial charge < -0.3 is 15.5 Å². The molecule has 2 N–H and O–H groups in total. The van der Waals surface area contributed by atoms with E-state index in [4.69, 9.17) is 0 Å². The van der Waals surface area contributed by atoms with Crippen molar-refractivity contribution in [2.75, 3.05) is 22.1 Å². The van der Waals surface area contributed by atoms with Crippen molar-refractivity contribution in [2.45, 2.75) is 26.7 Å². The third-order valence-corrected chi connectivity index (χ3v) is 4.62. The molecule has 2 aromatic carbocycles. The molecule has 0 unspecified atom stereocenters. The predicted octanol–water partition coefficient (Wildman–Crippen LogP) is 3.20. The normalized spacial score (nSPS) is 16.3. The highest BCUT2D eigenvalue weighted by molar-refractivity contribution is 6.03. The fourth-order valence-corrected chi connectivity index (χ4v) is 3.13. The first kappa shape index (κ1) is 18.6. The van der Waals surface area contributed by atoms with Gasteiger partial charge in [0.1, 0.15) is 0 Å². The molecule has 1 atom stereocenters. The first-order valence-electron chi connectivity index (χ1n) is 9.04. The number of benzene rings is 2. The Morgan fingerprint density at radius 2 is 1.59 bits per heavy atom. The smallest absolute Gasteiger partial charge is 0.229 e. The van der Waals surface area contributed by atoms with Crippen LogP contribution in [0.2, 0.25) is 0 Å². The number of hydrogen-bond donors (Lipinski definition) is 2. The zero-order valence-electron chi connectivity index (χ0n) is 15.5. The van der Waals surface area contributed by atoms with Crippen LogP contribution in [0, 0.1) is 5.92 Å². The van der Waals surface area contributed by atoms with Crippen molar-refractivity contribution in [1.29, 1.82) is 0 Å². The van der Waals surface area contributed by atoms with Gasteiger partial charge in [-0.05, 0) is 48.4 Å². The molecule has 0 radical (unpaired) electrons. The lowest BCUT2D eigenvalue weighted by atomic mass is 10.1. The minimum Gasteiger partial charge on any atom is -0.326 e. The molecule has 1 fully saturated rings. The van der Waals surface area contributed by atoms with Gasteiger partial charge in [-0.2, -0.15) is 0 Å². The topological polar surface area (TPSA) is 78.5 Å². The molecule has 2 aromatic rings. The molecule has 1 heterocycles. The maximum Gasteiger partial charge on any atom is 0.229 e. The second-order valence-electron chi connectivity index (χ2n) is 6.67. The Bertz CT molecular complexity index is 844. The summed E-state index contributed by atoms with van der Waals surface area (Å²) in [5.74, 6) is -0.759. The quantitative estimate of drug-likeness (QED) is 0.854. The number of carbonyl (C=O) groups excluding carboxylic acids is 3. The first-order valence-corrected chi connectivity index (χ1v) is 9.04. The third kappa shape index (κ3) is 4.53. The van der Waals surface area contributed by atoms with Gasteiger partial charge in [-0.15, -0.1) is 0 Å². The van der Waals surface area contributed by atoms with Crippen LogP contribution in [0.25, 0.3) is 0 Å². The number of carbonyl (C=O) groups is 3. The number of rotatable bonds is 5. The second kappa shape index (κ2) is 8.03. The number of amides is 3. The summed E-state index contributed by atoms with van der Waals surface area (Å²) >= 11 is 0. The number of nitrogens with one attached hydrogen (secondary N) is 2. The first-order chi connectivity index (χ1) is 13.0. The van der Waals surface area contributed by atoms with Crippen LogP contribution in [0.5, 0.6) is 0 Å². The largest absolute Gasteiger partial charge is 0.326 e. The van der Waals surface area contributed by atoms with E-state index in [0.717, 1.165) is 12.1 Å². The molecule has 0 saturated carbocycles. The summed E-state index contributed by atoms with van der Waals surface area (Å²) in [6.07, 6.45) is 1.14. The van der Waals surface area contributed by atoms with Gasteiger partial charge in [0, 0.05) is 37.0 Å². The number of nitrogens with zero attached hydrogens (tertiary/aromatic N) is 1. The Morgan fingerprint density at radius 3 is 2.15 bits per heavy atom. The summed E-state index contributed by atoms with van der Waals surface area (Å²) in [6.45, 7) is 3.90. The van der Waals surface area contributed by atoms with E-state index in [1.54, 1.807) is 29.2 Å². The molecule has 0 spiro atoms. The highest BCUT2D eigenvalue weighted by Crippen LogP contribution is 2.26. The van der Waals surface area contributed by atoms with Crippen LogP contribution in [-0.2, 0) is 20.8 Å². The van der Waals surface area contributed by atoms with Crippen LogP contribution in [-0.4, -0.2) is 24.3 Å². The lowest BCUT2D eigenvalue weighted by Crippen LogP contribution is -2.28. The molecular weight excluding hydrogens is 342 g/mol. The second-order valence-corrected chi connectivity index (χ2v) is 6.67. The Balaban J connectivity index is 1.62. The summed E-state index contributed by atoms with van der Waals surface area (Å²) in [5, 5.41) is 5.52. The zero-order chi connectivity index (χ0) is 19.4. The summed E-state index contributed by atoms with van der Waals surface area (Å²) in [5.41, 5.74) is 3.33. The van der Waals surface area contributed by atoms with Crippen molar-refractivity contribution in [3.63, 3.8) is 0 Å². The molecule has 0 aliphatic carbocycles. The molecule has 140 valence electrons. The minimum absolute atomic E-state index is 0.0413. The molecule has 1 aliphatic heterocycles. The summed E-state index contributed by atoms with van der Waals surface area (Å²) in [7, 11) is 0. The van der Waals surface area contributed by atoms with E-state index in [9.17, 15) is 14.4 Å². The molecular formula is C21H23N3O3. The number of aryl methyl sites for hydroxylation is 1. The van der Waals surface area contributed by atoms with Gasteiger partial charge in [0.15, 0.2) is 0 Å². The molecule has 27 heavy (non-hydrogen) atoms. The van der Waals surface area contributed by atoms with E-state index in [0.29, 0.717) is 17.9 Å². The van der Waals surface area contributed by atoms with Crippen LogP contribution in [0.15, 0.2) is 48.5 Å². The van der Waals surface area contributed by atoms with Gasteiger partial charge in [0.2, 0.25) is 17.7 Å². The van der Waals surface area contributed by atoms with Crippen LogP contribution < -0.4 is 15.5 Å². The molecule has 0 aromatic heterocycles. The van der Waals surface area contributed by atoms with Crippen LogP contribution in [0.3, 0.4) is 0 Å². The predicted molar refractivity (Wildman–Crippen MR) is 106 cm³/mol. The SMILES string of the molecule is CCc1ccc(N2C[C@@H](C(=O)Nc3ccc(NC(C)=O)cc3)CC2=O)cc1. The molecule has 1 saturated heterocycles. The molecule has 6 nitrogen and oxygen atoms in total.